The Balaban J connectivity index is 0. The molecular formula is C65H138Cl2N2O13Si2. The number of ether oxygens (including phenoxy) is 6. The van der Waals surface area contributed by atoms with Gasteiger partial charge in [0.05, 0.1) is 160 Å². The average Bonchev–Trinajstić information content (AvgIpc) is 3.46. The molecule has 0 aromatic carbocycles. The van der Waals surface area contributed by atoms with E-state index in [-0.39, 0.29) is 56.8 Å². The van der Waals surface area contributed by atoms with Crippen molar-refractivity contribution >= 4 is 17.4 Å². The van der Waals surface area contributed by atoms with Gasteiger partial charge < -0.3 is 94.9 Å². The van der Waals surface area contributed by atoms with Crippen molar-refractivity contribution in [3.8, 4) is 0 Å². The number of quaternary nitrogens is 2. The van der Waals surface area contributed by atoms with E-state index in [0.29, 0.717) is 91.9 Å². The van der Waals surface area contributed by atoms with E-state index in [1.54, 1.807) is 0 Å². The topological polar surface area (TPSA) is 153 Å². The number of unbranched alkanes of at least 4 members (excludes halogenated alkanes) is 30. The van der Waals surface area contributed by atoms with Crippen LogP contribution < -0.4 is 24.8 Å². The lowest BCUT2D eigenvalue weighted by atomic mass is 10.0. The summed E-state index contributed by atoms with van der Waals surface area (Å²) in [5, 5.41) is 17.9. The Hall–Kier alpha value is 0.414. The van der Waals surface area contributed by atoms with Crippen LogP contribution in [0.25, 0.3) is 0 Å². The number of rotatable bonds is 48. The Morgan fingerprint density at radius 3 is 0.893 bits per heavy atom. The quantitative estimate of drug-likeness (QED) is 0.0317. The molecule has 84 heavy (non-hydrogen) atoms. The Labute approximate surface area is 532 Å². The molecular weight excluding hydrogens is 1140 g/mol. The van der Waals surface area contributed by atoms with E-state index in [0.717, 1.165) is 40.9 Å². The second kappa shape index (κ2) is 60.9. The Morgan fingerprint density at radius 2 is 0.607 bits per heavy atom. The van der Waals surface area contributed by atoms with Crippen molar-refractivity contribution in [2.24, 2.45) is 0 Å². The highest BCUT2D eigenvalue weighted by molar-refractivity contribution is 6.66. The SMILES string of the molecule is CCCCCCCCCCCCCCCCCC[N+](C)(C)CCC[Si]1(C)OCCOCC(OCCO)COCCO1.CCCCCCCCCCCCCCCCCC[N+](C)(C)CCC[Si]1(O)OCCOCC(OCCO)COCCO1.[Cl-].[Cl-]. The molecule has 3 N–H and O–H groups in total. The van der Waals surface area contributed by atoms with Crippen LogP contribution in [-0.4, -0.2) is 214 Å². The summed E-state index contributed by atoms with van der Waals surface area (Å²) in [6.45, 7) is 17.0. The number of aliphatic hydroxyl groups excluding tert-OH is 2. The van der Waals surface area contributed by atoms with Gasteiger partial charge in [0.15, 0.2) is 0 Å². The first-order chi connectivity index (χ1) is 39.8. The van der Waals surface area contributed by atoms with Gasteiger partial charge in [0.2, 0.25) is 0 Å². The van der Waals surface area contributed by atoms with Crippen LogP contribution in [0.4, 0.5) is 0 Å². The number of hydrogen-bond acceptors (Lipinski definition) is 13. The fourth-order valence-corrected chi connectivity index (χ4v) is 15.1. The molecule has 0 radical (unpaired) electrons. The summed E-state index contributed by atoms with van der Waals surface area (Å²) in [5.74, 6) is 0. The molecule has 0 aliphatic carbocycles. The van der Waals surface area contributed by atoms with Crippen molar-refractivity contribution < 1.29 is 94.9 Å². The molecule has 2 aliphatic heterocycles. The Bertz CT molecular complexity index is 1220. The lowest BCUT2D eigenvalue weighted by Crippen LogP contribution is -3.00. The van der Waals surface area contributed by atoms with E-state index >= 15 is 0 Å². The predicted molar refractivity (Wildman–Crippen MR) is 342 cm³/mol. The van der Waals surface area contributed by atoms with Gasteiger partial charge in [-0.05, 0) is 44.7 Å². The maximum Gasteiger partial charge on any atom is 0.498 e. The fraction of sp³-hybridized carbons (Fsp3) is 1.00. The third-order valence-corrected chi connectivity index (χ3v) is 21.6. The van der Waals surface area contributed by atoms with E-state index in [2.05, 4.69) is 48.6 Å². The summed E-state index contributed by atoms with van der Waals surface area (Å²) in [5.41, 5.74) is 0. The van der Waals surface area contributed by atoms with Gasteiger partial charge >= 0.3 is 17.4 Å². The number of aliphatic hydroxyl groups is 2. The summed E-state index contributed by atoms with van der Waals surface area (Å²) in [7, 11) is 3.79. The first-order valence-corrected chi connectivity index (χ1v) is 39.0. The van der Waals surface area contributed by atoms with Gasteiger partial charge in [-0.1, -0.05) is 194 Å². The zero-order valence-electron chi connectivity index (χ0n) is 55.8. The summed E-state index contributed by atoms with van der Waals surface area (Å²) >= 11 is 0. The Kier molecular flexibility index (Phi) is 62.7. The molecule has 508 valence electrons. The minimum atomic E-state index is -3.26. The highest BCUT2D eigenvalue weighted by Crippen LogP contribution is 2.21. The van der Waals surface area contributed by atoms with Gasteiger partial charge in [-0.25, -0.2) is 0 Å². The summed E-state index contributed by atoms with van der Waals surface area (Å²) in [6.07, 6.45) is 46.7. The van der Waals surface area contributed by atoms with Gasteiger partial charge in [0.1, 0.15) is 12.2 Å². The largest absolute Gasteiger partial charge is 1.00 e. The van der Waals surface area contributed by atoms with Crippen LogP contribution in [0.3, 0.4) is 0 Å². The molecule has 19 heteroatoms. The van der Waals surface area contributed by atoms with Gasteiger partial charge in [0.25, 0.3) is 0 Å². The third-order valence-electron chi connectivity index (χ3n) is 16.4. The van der Waals surface area contributed by atoms with Gasteiger partial charge in [-0.15, -0.1) is 0 Å². The normalized spacial score (nSPS) is 20.9. The highest BCUT2D eigenvalue weighted by atomic mass is 35.5. The van der Waals surface area contributed by atoms with E-state index in [1.807, 2.05) is 0 Å². The molecule has 15 nitrogen and oxygen atoms in total. The zero-order chi connectivity index (χ0) is 59.8. The lowest BCUT2D eigenvalue weighted by Gasteiger charge is -2.32. The molecule has 0 amide bonds. The maximum absolute atomic E-state index is 11.1. The summed E-state index contributed by atoms with van der Waals surface area (Å²) in [6, 6.07) is 1.55. The molecule has 0 atom stereocenters. The van der Waals surface area contributed by atoms with E-state index in [1.165, 1.54) is 219 Å². The zero-order valence-corrected chi connectivity index (χ0v) is 59.3. The molecule has 0 aromatic heterocycles. The van der Waals surface area contributed by atoms with Gasteiger partial charge in [-0.2, -0.15) is 0 Å². The molecule has 2 rings (SSSR count). The number of halogens is 2. The van der Waals surface area contributed by atoms with E-state index in [9.17, 15) is 4.80 Å². The van der Waals surface area contributed by atoms with Crippen LogP contribution >= 0.6 is 0 Å². The van der Waals surface area contributed by atoms with Crippen molar-refractivity contribution in [1.82, 2.24) is 0 Å². The van der Waals surface area contributed by atoms with Crippen LogP contribution in [0.5, 0.6) is 0 Å². The predicted octanol–water partition coefficient (Wildman–Crippen LogP) is 7.36. The average molecular weight is 1280 g/mol. The van der Waals surface area contributed by atoms with Crippen molar-refractivity contribution in [3.05, 3.63) is 0 Å². The van der Waals surface area contributed by atoms with Crippen molar-refractivity contribution in [2.45, 2.75) is 263 Å². The fourth-order valence-electron chi connectivity index (χ4n) is 11.1. The van der Waals surface area contributed by atoms with E-state index < -0.39 is 17.4 Å². The van der Waals surface area contributed by atoms with Crippen LogP contribution in [0.15, 0.2) is 0 Å². The van der Waals surface area contributed by atoms with Crippen LogP contribution in [0.1, 0.15) is 232 Å². The summed E-state index contributed by atoms with van der Waals surface area (Å²) < 4.78 is 60.1. The van der Waals surface area contributed by atoms with Crippen LogP contribution in [-0.2, 0) is 46.1 Å². The van der Waals surface area contributed by atoms with Crippen molar-refractivity contribution in [3.63, 3.8) is 0 Å². The molecule has 2 fully saturated rings. The molecule has 0 bridgehead atoms. The number of nitrogens with zero attached hydrogens (tertiary/aromatic N) is 2. The van der Waals surface area contributed by atoms with Crippen molar-refractivity contribution in [1.29, 1.82) is 0 Å². The van der Waals surface area contributed by atoms with Crippen LogP contribution in [0.2, 0.25) is 18.6 Å². The molecule has 0 aromatic rings. The van der Waals surface area contributed by atoms with Crippen molar-refractivity contribution in [2.75, 3.05) is 160 Å². The number of hydrogen-bond donors (Lipinski definition) is 3. The first-order valence-electron chi connectivity index (χ1n) is 34.5. The monoisotopic (exact) mass is 1280 g/mol. The van der Waals surface area contributed by atoms with Crippen LogP contribution in [0, 0.1) is 0 Å². The van der Waals surface area contributed by atoms with E-state index in [4.69, 9.17) is 56.3 Å². The second-order valence-corrected chi connectivity index (χ2v) is 31.4. The molecule has 0 spiro atoms. The first kappa shape index (κ1) is 86.5. The smallest absolute Gasteiger partial charge is 0.498 e. The maximum atomic E-state index is 11.1. The molecule has 0 unspecified atom stereocenters. The Morgan fingerprint density at radius 1 is 0.357 bits per heavy atom. The minimum absolute atomic E-state index is 0. The highest BCUT2D eigenvalue weighted by Gasteiger charge is 2.38. The molecule has 2 aliphatic rings. The molecule has 0 saturated carbocycles. The standard InChI is InChI=1S/C33H70NO6Si.C32H68NO7Si.2ClH/c1-5-6-7-8-9-10-11-12-13-14-15-16-17-18-19-20-22-34(2,3)23-21-30-41(4)39-28-26-36-31-33(38-25-24-35)32-37-27-29-40-41;1-4-5-6-7-8-9-10-11-12-13-14-15-16-17-18-19-21-33(2,3)22-20-29-41(35)39-27-25-36-30-32(38-24-23-34)31-37-26-28-40-41;;/h33,35H,5-32H2,1-4H3;32,34-35H,4-31H2,1-3H3;2*1H/q2*+1;;/p-2. The second-order valence-electron chi connectivity index (χ2n) is 25.6. The lowest BCUT2D eigenvalue weighted by molar-refractivity contribution is -0.890. The molecule has 2 heterocycles. The molecule has 2 saturated heterocycles. The minimum Gasteiger partial charge on any atom is -1.00 e. The summed E-state index contributed by atoms with van der Waals surface area (Å²) in [4.78, 5) is 11.1. The van der Waals surface area contributed by atoms with Gasteiger partial charge in [-0.3, -0.25) is 0 Å². The third kappa shape index (κ3) is 56.4. The van der Waals surface area contributed by atoms with Gasteiger partial charge in [0, 0.05) is 12.5 Å².